The molecule has 0 radical (unpaired) electrons. The Morgan fingerprint density at radius 3 is 2.72 bits per heavy atom. The fraction of sp³-hybridized carbons (Fsp3) is 0.160. The predicted molar refractivity (Wildman–Crippen MR) is 122 cm³/mol. The van der Waals surface area contributed by atoms with Crippen LogP contribution in [0.15, 0.2) is 77.4 Å². The first-order valence-electron chi connectivity index (χ1n) is 10.5. The third-order valence-corrected chi connectivity index (χ3v) is 5.53. The van der Waals surface area contributed by atoms with Crippen LogP contribution in [0.1, 0.15) is 15.9 Å². The molecule has 5 rings (SSSR count). The third-order valence-electron chi connectivity index (χ3n) is 5.53. The maximum Gasteiger partial charge on any atom is 0.252 e. The quantitative estimate of drug-likeness (QED) is 0.511. The summed E-state index contributed by atoms with van der Waals surface area (Å²) in [5.74, 6) is 0.478. The van der Waals surface area contributed by atoms with Crippen molar-refractivity contribution in [3.05, 3.63) is 84.1 Å². The molecule has 160 valence electrons. The minimum absolute atomic E-state index is 0.0334. The molecule has 4 aromatic rings. The molecule has 0 unspecified atom stereocenters. The molecule has 2 N–H and O–H groups in total. The maximum absolute atomic E-state index is 13.1. The summed E-state index contributed by atoms with van der Waals surface area (Å²) < 4.78 is 5.48. The molecular weight excluding hydrogens is 404 g/mol. The summed E-state index contributed by atoms with van der Waals surface area (Å²) in [6.07, 6.45) is 1.59. The van der Waals surface area contributed by atoms with Crippen LogP contribution in [0.25, 0.3) is 22.4 Å². The average molecular weight is 426 g/mol. The highest BCUT2D eigenvalue weighted by Gasteiger charge is 2.17. The molecule has 1 aliphatic rings. The van der Waals surface area contributed by atoms with Crippen molar-refractivity contribution >= 4 is 28.4 Å². The summed E-state index contributed by atoms with van der Waals surface area (Å²) in [5.41, 5.74) is 3.89. The fourth-order valence-electron chi connectivity index (χ4n) is 3.87. The first-order chi connectivity index (χ1) is 15.7. The predicted octanol–water partition coefficient (Wildman–Crippen LogP) is 3.36. The molecule has 0 bridgehead atoms. The maximum atomic E-state index is 13.1. The second-order valence-electron chi connectivity index (χ2n) is 7.67. The van der Waals surface area contributed by atoms with Crippen molar-refractivity contribution in [1.29, 1.82) is 0 Å². The van der Waals surface area contributed by atoms with E-state index in [0.29, 0.717) is 36.7 Å². The van der Waals surface area contributed by atoms with Crippen LogP contribution in [-0.2, 0) is 11.3 Å². The van der Waals surface area contributed by atoms with Gasteiger partial charge in [0.15, 0.2) is 5.76 Å². The lowest BCUT2D eigenvalue weighted by Crippen LogP contribution is -2.47. The van der Waals surface area contributed by atoms with Gasteiger partial charge in [-0.3, -0.25) is 9.59 Å². The molecule has 2 amide bonds. The number of nitrogens with one attached hydrogen (secondary N) is 2. The van der Waals surface area contributed by atoms with Crippen LogP contribution >= 0.6 is 0 Å². The van der Waals surface area contributed by atoms with E-state index in [1.54, 1.807) is 18.4 Å². The number of anilines is 1. The molecule has 1 saturated heterocycles. The molecule has 0 aliphatic carbocycles. The van der Waals surface area contributed by atoms with Crippen LogP contribution < -0.4 is 15.5 Å². The molecule has 2 aromatic carbocycles. The van der Waals surface area contributed by atoms with E-state index in [4.69, 9.17) is 4.42 Å². The molecule has 32 heavy (non-hydrogen) atoms. The molecule has 1 fully saturated rings. The number of piperazine rings is 1. The number of aromatic nitrogens is 1. The third kappa shape index (κ3) is 4.05. The van der Waals surface area contributed by atoms with Crippen LogP contribution in [0.5, 0.6) is 0 Å². The van der Waals surface area contributed by atoms with E-state index in [-0.39, 0.29) is 11.8 Å². The Morgan fingerprint density at radius 2 is 1.94 bits per heavy atom. The number of benzene rings is 2. The zero-order chi connectivity index (χ0) is 21.9. The Hall–Kier alpha value is -4.13. The van der Waals surface area contributed by atoms with E-state index >= 15 is 0 Å². The summed E-state index contributed by atoms with van der Waals surface area (Å²) in [4.78, 5) is 31.4. The number of hydrogen-bond acceptors (Lipinski definition) is 5. The Labute approximate surface area is 185 Å². The molecule has 7 heteroatoms. The van der Waals surface area contributed by atoms with Crippen LogP contribution in [0, 0.1) is 0 Å². The number of hydrogen-bond donors (Lipinski definition) is 2. The summed E-state index contributed by atoms with van der Waals surface area (Å²) in [5, 5.41) is 6.63. The average Bonchev–Trinajstić information content (AvgIpc) is 3.37. The van der Waals surface area contributed by atoms with Gasteiger partial charge in [0.1, 0.15) is 5.69 Å². The Kier molecular flexibility index (Phi) is 5.29. The summed E-state index contributed by atoms with van der Waals surface area (Å²) in [7, 11) is 0. The first-order valence-corrected chi connectivity index (χ1v) is 10.5. The molecular formula is C25H22N4O3. The van der Waals surface area contributed by atoms with Crippen molar-refractivity contribution in [2.24, 2.45) is 0 Å². The summed E-state index contributed by atoms with van der Waals surface area (Å²) >= 11 is 0. The molecule has 2 aromatic heterocycles. The molecule has 7 nitrogen and oxygen atoms in total. The standard InChI is InChI=1S/C25H22N4O3/c30-24-16-29(12-11-26-24)18-9-7-17(8-10-18)15-27-25(31)20-14-22(23-6-3-13-32-23)28-21-5-2-1-4-19(20)21/h1-10,13-14H,11-12,15-16H2,(H,26,30)(H,27,31). The smallest absolute Gasteiger partial charge is 0.252 e. The second-order valence-corrected chi connectivity index (χ2v) is 7.67. The number of pyridine rings is 1. The lowest BCUT2D eigenvalue weighted by molar-refractivity contribution is -0.120. The number of furan rings is 1. The number of nitrogens with zero attached hydrogens (tertiary/aromatic N) is 2. The first kappa shape index (κ1) is 19.8. The van der Waals surface area contributed by atoms with Crippen molar-refractivity contribution in [2.45, 2.75) is 6.54 Å². The van der Waals surface area contributed by atoms with Crippen molar-refractivity contribution in [2.75, 3.05) is 24.5 Å². The minimum atomic E-state index is -0.173. The van der Waals surface area contributed by atoms with Gasteiger partial charge in [-0.05, 0) is 42.0 Å². The summed E-state index contributed by atoms with van der Waals surface area (Å²) in [6, 6.07) is 20.9. The van der Waals surface area contributed by atoms with E-state index in [9.17, 15) is 9.59 Å². The lowest BCUT2D eigenvalue weighted by atomic mass is 10.1. The van der Waals surface area contributed by atoms with Gasteiger partial charge >= 0.3 is 0 Å². The molecule has 0 saturated carbocycles. The van der Waals surface area contributed by atoms with Gasteiger partial charge in [0.25, 0.3) is 5.91 Å². The number of rotatable bonds is 5. The van der Waals surface area contributed by atoms with Crippen molar-refractivity contribution < 1.29 is 14.0 Å². The second kappa shape index (κ2) is 8.55. The number of carbonyl (C=O) groups excluding carboxylic acids is 2. The number of amides is 2. The van der Waals surface area contributed by atoms with Crippen LogP contribution in [0.3, 0.4) is 0 Å². The Bertz CT molecular complexity index is 1270. The van der Waals surface area contributed by atoms with Gasteiger partial charge in [-0.1, -0.05) is 30.3 Å². The minimum Gasteiger partial charge on any atom is -0.463 e. The topological polar surface area (TPSA) is 87.5 Å². The molecule has 0 spiro atoms. The monoisotopic (exact) mass is 426 g/mol. The van der Waals surface area contributed by atoms with Gasteiger partial charge in [0.05, 0.1) is 23.9 Å². The molecule has 3 heterocycles. The fourth-order valence-corrected chi connectivity index (χ4v) is 3.87. The van der Waals surface area contributed by atoms with Gasteiger partial charge < -0.3 is 20.0 Å². The highest BCUT2D eigenvalue weighted by Crippen LogP contribution is 2.25. The van der Waals surface area contributed by atoms with Gasteiger partial charge in [-0.2, -0.15) is 0 Å². The van der Waals surface area contributed by atoms with E-state index in [2.05, 4.69) is 15.6 Å². The number of carbonyl (C=O) groups is 2. The zero-order valence-corrected chi connectivity index (χ0v) is 17.4. The highest BCUT2D eigenvalue weighted by molar-refractivity contribution is 6.07. The summed E-state index contributed by atoms with van der Waals surface area (Å²) in [6.45, 7) is 2.20. The van der Waals surface area contributed by atoms with Crippen molar-refractivity contribution in [1.82, 2.24) is 15.6 Å². The lowest BCUT2D eigenvalue weighted by Gasteiger charge is -2.28. The van der Waals surface area contributed by atoms with Gasteiger partial charge in [0.2, 0.25) is 5.91 Å². The van der Waals surface area contributed by atoms with Crippen molar-refractivity contribution in [3.63, 3.8) is 0 Å². The zero-order valence-electron chi connectivity index (χ0n) is 17.4. The van der Waals surface area contributed by atoms with Crippen LogP contribution in [0.2, 0.25) is 0 Å². The van der Waals surface area contributed by atoms with Crippen LogP contribution in [0.4, 0.5) is 5.69 Å². The van der Waals surface area contributed by atoms with Gasteiger partial charge in [-0.15, -0.1) is 0 Å². The largest absolute Gasteiger partial charge is 0.463 e. The van der Waals surface area contributed by atoms with E-state index < -0.39 is 0 Å². The van der Waals surface area contributed by atoms with Crippen molar-refractivity contribution in [3.8, 4) is 11.5 Å². The van der Waals surface area contributed by atoms with Gasteiger partial charge in [-0.25, -0.2) is 4.98 Å². The van der Waals surface area contributed by atoms with E-state index in [0.717, 1.165) is 28.7 Å². The number of fused-ring (bicyclic) bond motifs is 1. The van der Waals surface area contributed by atoms with Crippen LogP contribution in [-0.4, -0.2) is 36.4 Å². The molecule has 1 aliphatic heterocycles. The number of para-hydroxylation sites is 1. The highest BCUT2D eigenvalue weighted by atomic mass is 16.3. The van der Waals surface area contributed by atoms with E-state index in [1.165, 1.54) is 0 Å². The SMILES string of the molecule is O=C1CN(c2ccc(CNC(=O)c3cc(-c4ccco4)nc4ccccc34)cc2)CCN1. The van der Waals surface area contributed by atoms with Gasteiger partial charge in [0, 0.05) is 30.7 Å². The Balaban J connectivity index is 1.33. The van der Waals surface area contributed by atoms with E-state index in [1.807, 2.05) is 59.5 Å². The molecule has 0 atom stereocenters. The Morgan fingerprint density at radius 1 is 1.09 bits per heavy atom. The normalized spacial score (nSPS) is 13.8.